The van der Waals surface area contributed by atoms with Gasteiger partial charge < -0.3 is 28.4 Å². The van der Waals surface area contributed by atoms with Gasteiger partial charge in [-0.25, -0.2) is 81.5 Å². The third-order valence-corrected chi connectivity index (χ3v) is 13.0. The fourth-order valence-electron chi connectivity index (χ4n) is 9.55. The molecule has 0 aromatic carbocycles. The van der Waals surface area contributed by atoms with Crippen molar-refractivity contribution in [3.63, 3.8) is 0 Å². The zero-order valence-electron chi connectivity index (χ0n) is 35.4. The van der Waals surface area contributed by atoms with E-state index < -0.39 is 204 Å². The van der Waals surface area contributed by atoms with Gasteiger partial charge in [0.15, 0.2) is 0 Å². The second kappa shape index (κ2) is 16.7. The Morgan fingerprint density at radius 3 is 0.500 bits per heavy atom. The maximum Gasteiger partial charge on any atom is 0.331 e. The molecule has 4 fully saturated rings. The van der Waals surface area contributed by atoms with Crippen LogP contribution in [0.2, 0.25) is 0 Å². The van der Waals surface area contributed by atoms with Crippen LogP contribution in [0, 0.1) is 0 Å². The van der Waals surface area contributed by atoms with E-state index in [1.54, 1.807) is 0 Å². The molecule has 0 aliphatic heterocycles. The SMILES string of the molecule is C=CC(=O)OCC1(F)C(F)(F)C2(F)C(F)(COC(=O)C=C)C(F)(COC(=O)C=C)C3(F)C(F)(F)C(F)(COC(=O)C=C)C(F)(F)C4(F)C(F)(COC(=O)C=C)C(F)(COC(=O)C=C)C(F)(C1(F)F)C2(F)C34F. The molecule has 0 amide bonds. The third kappa shape index (κ3) is 5.57. The van der Waals surface area contributed by atoms with Crippen LogP contribution in [0.3, 0.4) is 0 Å². The predicted molar refractivity (Wildman–Crippen MR) is 193 cm³/mol. The van der Waals surface area contributed by atoms with Crippen molar-refractivity contribution < 1.29 is 145 Å². The van der Waals surface area contributed by atoms with Crippen molar-refractivity contribution in [1.82, 2.24) is 0 Å². The molecule has 0 spiro atoms. The van der Waals surface area contributed by atoms with Gasteiger partial charge in [-0.3, -0.25) is 0 Å². The van der Waals surface area contributed by atoms with Crippen LogP contribution in [0.15, 0.2) is 75.9 Å². The summed E-state index contributed by atoms with van der Waals surface area (Å²) in [7, 11) is 0. The Morgan fingerprint density at radius 1 is 0.250 bits per heavy atom. The van der Waals surface area contributed by atoms with Gasteiger partial charge in [-0.1, -0.05) is 39.5 Å². The number of alkyl halides is 20. The van der Waals surface area contributed by atoms with Crippen LogP contribution >= 0.6 is 0 Å². The van der Waals surface area contributed by atoms with E-state index in [-0.39, 0.29) is 0 Å². The molecule has 0 bridgehead atoms. The van der Waals surface area contributed by atoms with Gasteiger partial charge in [0.25, 0.3) is 34.0 Å². The van der Waals surface area contributed by atoms with E-state index >= 15 is 87.8 Å². The van der Waals surface area contributed by atoms with Gasteiger partial charge in [0.1, 0.15) is 39.6 Å². The number of hydrogen-bond donors (Lipinski definition) is 0. The first kappa shape index (κ1) is 58.4. The van der Waals surface area contributed by atoms with Crippen LogP contribution in [-0.4, -0.2) is 167 Å². The van der Waals surface area contributed by atoms with Crippen LogP contribution in [0.4, 0.5) is 87.8 Å². The number of carbonyl (C=O) groups is 6. The van der Waals surface area contributed by atoms with E-state index in [2.05, 4.69) is 67.9 Å². The molecule has 4 rings (SSSR count). The quantitative estimate of drug-likeness (QED) is 0.0640. The van der Waals surface area contributed by atoms with Crippen molar-refractivity contribution in [2.45, 2.75) is 91.7 Å². The van der Waals surface area contributed by atoms with Crippen LogP contribution in [0.25, 0.3) is 0 Å². The summed E-state index contributed by atoms with van der Waals surface area (Å²) in [6, 6.07) is 0. The number of esters is 6. The number of carbonyl (C=O) groups excluding carboxylic acids is 6. The fraction of sp³-hybridized carbons (Fsp3) is 0.550. The molecule has 12 nitrogen and oxygen atoms in total. The summed E-state index contributed by atoms with van der Waals surface area (Å²) in [5.41, 5.74) is -103. The molecule has 0 aromatic heterocycles. The molecule has 72 heavy (non-hydrogen) atoms. The number of rotatable bonds is 18. The van der Waals surface area contributed by atoms with Gasteiger partial charge >= 0.3 is 59.5 Å². The molecular weight excluding hydrogens is 1050 g/mol. The maximum absolute atomic E-state index is 19.3. The molecule has 32 heteroatoms. The van der Waals surface area contributed by atoms with Crippen molar-refractivity contribution in [2.24, 2.45) is 0 Å². The van der Waals surface area contributed by atoms with Crippen LogP contribution in [-0.2, 0) is 57.2 Å². The molecule has 0 heterocycles. The fourth-order valence-corrected chi connectivity index (χ4v) is 9.55. The molecular formula is C40H30F20O12. The van der Waals surface area contributed by atoms with Crippen LogP contribution in [0.5, 0.6) is 0 Å². The van der Waals surface area contributed by atoms with Crippen molar-refractivity contribution in [1.29, 1.82) is 0 Å². The van der Waals surface area contributed by atoms with E-state index in [1.165, 1.54) is 0 Å². The second-order valence-electron chi connectivity index (χ2n) is 15.9. The minimum Gasteiger partial charge on any atom is -0.459 e. The van der Waals surface area contributed by atoms with Gasteiger partial charge in [-0.05, 0) is 0 Å². The highest BCUT2D eigenvalue weighted by atomic mass is 19.3. The van der Waals surface area contributed by atoms with Crippen LogP contribution in [0.1, 0.15) is 0 Å². The molecule has 0 N–H and O–H groups in total. The summed E-state index contributed by atoms with van der Waals surface area (Å²) in [6.07, 6.45) is -2.71. The summed E-state index contributed by atoms with van der Waals surface area (Å²) in [5.74, 6) is -51.2. The van der Waals surface area contributed by atoms with E-state index in [1.807, 2.05) is 0 Å². The summed E-state index contributed by atoms with van der Waals surface area (Å²) in [4.78, 5) is 73.1. The first-order chi connectivity index (χ1) is 32.5. The lowest BCUT2D eigenvalue weighted by Crippen LogP contribution is -3.14. The predicted octanol–water partition coefficient (Wildman–Crippen LogP) is 6.46. The van der Waals surface area contributed by atoms with E-state index in [4.69, 9.17) is 0 Å². The van der Waals surface area contributed by atoms with Crippen LogP contribution < -0.4 is 0 Å². The number of halogens is 20. The Bertz CT molecular complexity index is 2130. The molecule has 402 valence electrons. The molecule has 0 aromatic rings. The maximum atomic E-state index is 19.3. The van der Waals surface area contributed by atoms with E-state index in [9.17, 15) is 28.8 Å². The largest absolute Gasteiger partial charge is 0.459 e. The Balaban J connectivity index is 2.73. The minimum absolute atomic E-state index is 0.407. The molecule has 8 unspecified atom stereocenters. The van der Waals surface area contributed by atoms with Crippen molar-refractivity contribution in [3.8, 4) is 0 Å². The monoisotopic (exact) mass is 1080 g/mol. The van der Waals surface area contributed by atoms with Gasteiger partial charge in [0.2, 0.25) is 34.0 Å². The third-order valence-electron chi connectivity index (χ3n) is 13.0. The van der Waals surface area contributed by atoms with E-state index in [0.717, 1.165) is 0 Å². The lowest BCUT2D eigenvalue weighted by Gasteiger charge is -2.81. The first-order valence-corrected chi connectivity index (χ1v) is 19.0. The van der Waals surface area contributed by atoms with E-state index in [0.29, 0.717) is 0 Å². The molecule has 0 saturated heterocycles. The van der Waals surface area contributed by atoms with Crippen molar-refractivity contribution in [3.05, 3.63) is 75.9 Å². The smallest absolute Gasteiger partial charge is 0.331 e. The lowest BCUT2D eigenvalue weighted by molar-refractivity contribution is -0.573. The average molecular weight is 1080 g/mol. The highest BCUT2D eigenvalue weighted by Crippen LogP contribution is 2.91. The summed E-state index contributed by atoms with van der Waals surface area (Å²) in [5, 5.41) is 0. The Labute approximate surface area is 388 Å². The molecule has 8 atom stereocenters. The molecule has 0 radical (unpaired) electrons. The molecule has 4 aliphatic rings. The Morgan fingerprint density at radius 2 is 0.375 bits per heavy atom. The summed E-state index contributed by atoms with van der Waals surface area (Å²) >= 11 is 0. The highest BCUT2D eigenvalue weighted by Gasteiger charge is 3.23. The number of hydrogen-bond acceptors (Lipinski definition) is 12. The minimum atomic E-state index is -9.46. The van der Waals surface area contributed by atoms with Gasteiger partial charge in [-0.2, -0.15) is 35.1 Å². The molecule has 4 saturated carbocycles. The first-order valence-electron chi connectivity index (χ1n) is 19.0. The topological polar surface area (TPSA) is 158 Å². The van der Waals surface area contributed by atoms with Gasteiger partial charge in [0.05, 0.1) is 0 Å². The number of ether oxygens (including phenoxy) is 6. The van der Waals surface area contributed by atoms with Crippen molar-refractivity contribution >= 4 is 35.8 Å². The highest BCUT2D eigenvalue weighted by molar-refractivity contribution is 5.84. The standard InChI is InChI=1S/C40H30F20O12/c1-7-19(61)67-13-25(41)26(42,14-68-20(62)8-2)32(48)36(52)34(50,40(59,60)30(46,38(32,55)56)18-72-24(66)12-6)28(44,16-70-22(64)10-4)27(43,15-69-21(63)9-3)33(49)35(36,51)31(25,47)37(53,54)29(45,39(33,57)58)17-71-23(65)11-5/h7-12H,1-6,13-18H2. The summed E-state index contributed by atoms with van der Waals surface area (Å²) in [6.45, 7) is -10.5. The normalized spacial score (nSPS) is 42.3. The Hall–Kier alpha value is -6.14. The Kier molecular flexibility index (Phi) is 13.6. The zero-order valence-corrected chi connectivity index (χ0v) is 35.4. The zero-order chi connectivity index (χ0) is 56.2. The summed E-state index contributed by atoms with van der Waals surface area (Å²) < 4.78 is 386. The average Bonchev–Trinajstić information content (AvgIpc) is 3.33. The van der Waals surface area contributed by atoms with Crippen molar-refractivity contribution in [2.75, 3.05) is 39.6 Å². The second-order valence-corrected chi connectivity index (χ2v) is 15.9. The lowest BCUT2D eigenvalue weighted by atomic mass is 9.28. The van der Waals surface area contributed by atoms with Gasteiger partial charge in [-0.15, -0.1) is 0 Å². The molecule has 4 aliphatic carbocycles. The van der Waals surface area contributed by atoms with Gasteiger partial charge in [0, 0.05) is 36.5 Å².